The molecule has 4 nitrogen and oxygen atoms in total. The minimum Gasteiger partial charge on any atom is -0.481 e. The van der Waals surface area contributed by atoms with Crippen LogP contribution in [-0.2, 0) is 4.79 Å². The lowest BCUT2D eigenvalue weighted by atomic mass is 9.84. The zero-order valence-electron chi connectivity index (χ0n) is 11.3. The highest BCUT2D eigenvalue weighted by Crippen LogP contribution is 2.34. The number of carboxylic acid groups (broad SMARTS) is 1. The second kappa shape index (κ2) is 5.03. The fourth-order valence-electron chi connectivity index (χ4n) is 2.62. The molecule has 1 saturated heterocycles. The van der Waals surface area contributed by atoms with E-state index in [2.05, 4.69) is 0 Å². The number of benzene rings is 1. The average Bonchev–Trinajstić information content (AvgIpc) is 2.83. The molecule has 0 radical (unpaired) electrons. The van der Waals surface area contributed by atoms with Crippen LogP contribution < -0.4 is 0 Å². The molecule has 1 aromatic rings. The first-order valence-electron chi connectivity index (χ1n) is 6.58. The Kier molecular flexibility index (Phi) is 3.60. The van der Waals surface area contributed by atoms with Gasteiger partial charge in [0.1, 0.15) is 0 Å². The fourth-order valence-corrected chi connectivity index (χ4v) is 2.62. The summed E-state index contributed by atoms with van der Waals surface area (Å²) in [6.45, 7) is 4.64. The van der Waals surface area contributed by atoms with Crippen molar-refractivity contribution in [2.24, 2.45) is 5.41 Å². The summed E-state index contributed by atoms with van der Waals surface area (Å²) in [5.41, 5.74) is 0.904. The smallest absolute Gasteiger partial charge is 0.311 e. The molecule has 1 heterocycles. The molecule has 0 saturated carbocycles. The number of aliphatic carboxylic acids is 1. The molecule has 0 aromatic heterocycles. The van der Waals surface area contributed by atoms with Crippen LogP contribution in [0.15, 0.2) is 24.3 Å². The first kappa shape index (κ1) is 13.6. The van der Waals surface area contributed by atoms with Gasteiger partial charge in [-0.05, 0) is 31.9 Å². The molecule has 0 aliphatic carbocycles. The summed E-state index contributed by atoms with van der Waals surface area (Å²) in [5.74, 6) is -0.866. The molecule has 1 N–H and O–H groups in total. The van der Waals surface area contributed by atoms with Gasteiger partial charge < -0.3 is 10.0 Å². The van der Waals surface area contributed by atoms with Crippen LogP contribution in [-0.4, -0.2) is 35.0 Å². The molecular formula is C15H19NO3. The van der Waals surface area contributed by atoms with Crippen molar-refractivity contribution in [2.45, 2.75) is 26.7 Å². The standard InChI is InChI=1S/C15H19NO3/c1-3-15(14(18)19)7-8-16(10-15)13(17)12-6-4-5-11(2)9-12/h4-6,9H,3,7-8,10H2,1-2H3,(H,18,19). The van der Waals surface area contributed by atoms with Crippen LogP contribution in [0.5, 0.6) is 0 Å². The van der Waals surface area contributed by atoms with E-state index in [1.54, 1.807) is 11.0 Å². The lowest BCUT2D eigenvalue weighted by Crippen LogP contribution is -2.36. The number of likely N-dealkylation sites (tertiary alicyclic amines) is 1. The van der Waals surface area contributed by atoms with Gasteiger partial charge in [-0.1, -0.05) is 24.6 Å². The van der Waals surface area contributed by atoms with Crippen molar-refractivity contribution in [3.05, 3.63) is 35.4 Å². The van der Waals surface area contributed by atoms with E-state index >= 15 is 0 Å². The van der Waals surface area contributed by atoms with Gasteiger partial charge in [-0.25, -0.2) is 0 Å². The fraction of sp³-hybridized carbons (Fsp3) is 0.467. The summed E-state index contributed by atoms with van der Waals surface area (Å²) in [6.07, 6.45) is 1.09. The summed E-state index contributed by atoms with van der Waals surface area (Å²) >= 11 is 0. The van der Waals surface area contributed by atoms with Crippen molar-refractivity contribution in [2.75, 3.05) is 13.1 Å². The number of aryl methyl sites for hydroxylation is 1. The van der Waals surface area contributed by atoms with E-state index in [9.17, 15) is 14.7 Å². The van der Waals surface area contributed by atoms with Crippen LogP contribution in [0.3, 0.4) is 0 Å². The Morgan fingerprint density at radius 3 is 2.68 bits per heavy atom. The lowest BCUT2D eigenvalue weighted by Gasteiger charge is -2.23. The predicted molar refractivity (Wildman–Crippen MR) is 72.1 cm³/mol. The van der Waals surface area contributed by atoms with Gasteiger partial charge in [-0.15, -0.1) is 0 Å². The number of carbonyl (C=O) groups excluding carboxylic acids is 1. The van der Waals surface area contributed by atoms with Gasteiger partial charge in [0, 0.05) is 18.7 Å². The second-order valence-corrected chi connectivity index (χ2v) is 5.29. The SMILES string of the molecule is CCC1(C(=O)O)CCN(C(=O)c2cccc(C)c2)C1. The quantitative estimate of drug-likeness (QED) is 0.908. The van der Waals surface area contributed by atoms with E-state index in [1.807, 2.05) is 32.0 Å². The number of carboxylic acids is 1. The number of carbonyl (C=O) groups is 2. The van der Waals surface area contributed by atoms with Gasteiger partial charge in [0.05, 0.1) is 5.41 Å². The summed E-state index contributed by atoms with van der Waals surface area (Å²) < 4.78 is 0. The van der Waals surface area contributed by atoms with E-state index in [1.165, 1.54) is 0 Å². The van der Waals surface area contributed by atoms with Crippen molar-refractivity contribution < 1.29 is 14.7 Å². The van der Waals surface area contributed by atoms with E-state index in [0.717, 1.165) is 5.56 Å². The third-order valence-corrected chi connectivity index (χ3v) is 4.04. The average molecular weight is 261 g/mol. The maximum atomic E-state index is 12.4. The summed E-state index contributed by atoms with van der Waals surface area (Å²) in [5, 5.41) is 9.34. The lowest BCUT2D eigenvalue weighted by molar-refractivity contribution is -0.148. The highest BCUT2D eigenvalue weighted by Gasteiger charge is 2.44. The number of nitrogens with zero attached hydrogens (tertiary/aromatic N) is 1. The molecule has 19 heavy (non-hydrogen) atoms. The van der Waals surface area contributed by atoms with Crippen LogP contribution in [0.4, 0.5) is 0 Å². The molecule has 1 fully saturated rings. The summed E-state index contributed by atoms with van der Waals surface area (Å²) in [7, 11) is 0. The van der Waals surface area contributed by atoms with E-state index in [0.29, 0.717) is 31.5 Å². The van der Waals surface area contributed by atoms with Gasteiger partial charge in [0.15, 0.2) is 0 Å². The van der Waals surface area contributed by atoms with Gasteiger partial charge in [0.25, 0.3) is 5.91 Å². The minimum absolute atomic E-state index is 0.0692. The van der Waals surface area contributed by atoms with Crippen molar-refractivity contribution in [1.82, 2.24) is 4.90 Å². The Morgan fingerprint density at radius 1 is 1.42 bits per heavy atom. The van der Waals surface area contributed by atoms with Crippen LogP contribution >= 0.6 is 0 Å². The topological polar surface area (TPSA) is 57.6 Å². The van der Waals surface area contributed by atoms with Gasteiger partial charge in [0.2, 0.25) is 0 Å². The zero-order chi connectivity index (χ0) is 14.0. The first-order chi connectivity index (χ1) is 8.98. The molecule has 1 aromatic carbocycles. The number of hydrogen-bond acceptors (Lipinski definition) is 2. The van der Waals surface area contributed by atoms with Crippen LogP contribution in [0.1, 0.15) is 35.7 Å². The molecule has 0 spiro atoms. The molecule has 4 heteroatoms. The first-order valence-corrected chi connectivity index (χ1v) is 6.58. The van der Waals surface area contributed by atoms with Crippen molar-refractivity contribution >= 4 is 11.9 Å². The van der Waals surface area contributed by atoms with E-state index in [-0.39, 0.29) is 5.91 Å². The Labute approximate surface area is 113 Å². The molecular weight excluding hydrogens is 242 g/mol. The molecule has 1 atom stereocenters. The Morgan fingerprint density at radius 2 is 2.16 bits per heavy atom. The molecule has 1 amide bonds. The number of amides is 1. The molecule has 102 valence electrons. The normalized spacial score (nSPS) is 22.5. The van der Waals surface area contributed by atoms with Crippen molar-refractivity contribution in [3.8, 4) is 0 Å². The largest absolute Gasteiger partial charge is 0.481 e. The van der Waals surface area contributed by atoms with Gasteiger partial charge in [-0.2, -0.15) is 0 Å². The molecule has 1 unspecified atom stereocenters. The minimum atomic E-state index is -0.797. The highest BCUT2D eigenvalue weighted by molar-refractivity contribution is 5.95. The molecule has 2 rings (SSSR count). The molecule has 1 aliphatic rings. The van der Waals surface area contributed by atoms with Crippen molar-refractivity contribution in [3.63, 3.8) is 0 Å². The van der Waals surface area contributed by atoms with E-state index in [4.69, 9.17) is 0 Å². The Hall–Kier alpha value is -1.84. The van der Waals surface area contributed by atoms with Gasteiger partial charge in [-0.3, -0.25) is 9.59 Å². The van der Waals surface area contributed by atoms with Crippen LogP contribution in [0.2, 0.25) is 0 Å². The predicted octanol–water partition coefficient (Wildman–Crippen LogP) is 2.32. The van der Waals surface area contributed by atoms with Crippen LogP contribution in [0.25, 0.3) is 0 Å². The monoisotopic (exact) mass is 261 g/mol. The third kappa shape index (κ3) is 2.48. The highest BCUT2D eigenvalue weighted by atomic mass is 16.4. The molecule has 0 bridgehead atoms. The summed E-state index contributed by atoms with van der Waals surface area (Å²) in [4.78, 5) is 25.4. The second-order valence-electron chi connectivity index (χ2n) is 5.29. The number of rotatable bonds is 3. The zero-order valence-corrected chi connectivity index (χ0v) is 11.3. The van der Waals surface area contributed by atoms with E-state index < -0.39 is 11.4 Å². The maximum absolute atomic E-state index is 12.4. The van der Waals surface area contributed by atoms with Gasteiger partial charge >= 0.3 is 5.97 Å². The van der Waals surface area contributed by atoms with Crippen LogP contribution in [0, 0.1) is 12.3 Å². The Bertz CT molecular complexity index is 512. The third-order valence-electron chi connectivity index (χ3n) is 4.04. The summed E-state index contributed by atoms with van der Waals surface area (Å²) in [6, 6.07) is 7.41. The Balaban J connectivity index is 2.17. The molecule has 1 aliphatic heterocycles. The maximum Gasteiger partial charge on any atom is 0.311 e. The van der Waals surface area contributed by atoms with Crippen molar-refractivity contribution in [1.29, 1.82) is 0 Å². The number of hydrogen-bond donors (Lipinski definition) is 1.